The molecule has 1 unspecified atom stereocenters. The Bertz CT molecular complexity index is 511. The molecule has 1 aromatic carbocycles. The van der Waals surface area contributed by atoms with Crippen molar-refractivity contribution in [3.8, 4) is 0 Å². The molecule has 0 saturated carbocycles. The molecular weight excluding hydrogens is 339 g/mol. The highest BCUT2D eigenvalue weighted by atomic mass is 35.5. The molecule has 0 fully saturated rings. The molecule has 0 bridgehead atoms. The van der Waals surface area contributed by atoms with Crippen LogP contribution in [0.2, 0.25) is 5.02 Å². The molecule has 0 radical (unpaired) electrons. The second-order valence-electron chi connectivity index (χ2n) is 4.25. The van der Waals surface area contributed by atoms with Gasteiger partial charge in [-0.15, -0.1) is 0 Å². The summed E-state index contributed by atoms with van der Waals surface area (Å²) in [5.74, 6) is -6.69. The average molecular weight is 345 g/mol. The highest BCUT2D eigenvalue weighted by molar-refractivity contribution is 6.30. The third-order valence-electron chi connectivity index (χ3n) is 2.62. The van der Waals surface area contributed by atoms with Crippen molar-refractivity contribution < 1.29 is 39.5 Å². The summed E-state index contributed by atoms with van der Waals surface area (Å²) in [7, 11) is 0. The van der Waals surface area contributed by atoms with Gasteiger partial charge in [0.25, 0.3) is 0 Å². The normalized spacial score (nSPS) is 16.7. The predicted molar refractivity (Wildman–Crippen MR) is 56.0 cm³/mol. The summed E-state index contributed by atoms with van der Waals surface area (Å²) < 4.78 is 115. The Kier molecular flexibility index (Phi) is 4.24. The van der Waals surface area contributed by atoms with Crippen LogP contribution < -0.4 is 0 Å². The molecule has 0 amide bonds. The number of benzene rings is 1. The second kappa shape index (κ2) is 4.96. The zero-order valence-corrected chi connectivity index (χ0v) is 10.8. The van der Waals surface area contributed by atoms with E-state index in [1.54, 1.807) is 0 Å². The van der Waals surface area contributed by atoms with Gasteiger partial charge >= 0.3 is 23.9 Å². The average Bonchev–Trinajstić information content (AvgIpc) is 2.22. The van der Waals surface area contributed by atoms with Gasteiger partial charge in [-0.3, -0.25) is 0 Å². The zero-order valence-electron chi connectivity index (χ0n) is 10.0. The summed E-state index contributed by atoms with van der Waals surface area (Å²) in [6.07, 6.45) is -13.3. The minimum absolute atomic E-state index is 0.0850. The third-order valence-corrected chi connectivity index (χ3v) is 2.84. The van der Waals surface area contributed by atoms with E-state index in [9.17, 15) is 39.5 Å². The summed E-state index contributed by atoms with van der Waals surface area (Å²) >= 11 is 5.31. The quantitative estimate of drug-likeness (QED) is 0.615. The van der Waals surface area contributed by atoms with Crippen molar-refractivity contribution in [2.24, 2.45) is 0 Å². The van der Waals surface area contributed by atoms with Gasteiger partial charge in [0.15, 0.2) is 0 Å². The third kappa shape index (κ3) is 2.79. The summed E-state index contributed by atoms with van der Waals surface area (Å²) in [4.78, 5) is 0. The lowest BCUT2D eigenvalue weighted by molar-refractivity contribution is -0.389. The van der Waals surface area contributed by atoms with E-state index in [0.29, 0.717) is 0 Å². The van der Waals surface area contributed by atoms with Gasteiger partial charge in [0.1, 0.15) is 0 Å². The number of rotatable bonds is 2. The van der Waals surface area contributed by atoms with Crippen LogP contribution in [0.4, 0.5) is 39.5 Å². The summed E-state index contributed by atoms with van der Waals surface area (Å²) in [6, 6.07) is 1.30. The van der Waals surface area contributed by atoms with Crippen LogP contribution in [0.15, 0.2) is 18.2 Å². The Balaban J connectivity index is 3.71. The highest BCUT2D eigenvalue weighted by Gasteiger charge is 2.81. The lowest BCUT2D eigenvalue weighted by Crippen LogP contribution is -2.59. The first kappa shape index (κ1) is 17.9. The fraction of sp³-hybridized carbons (Fsp3) is 0.455. The van der Waals surface area contributed by atoms with Gasteiger partial charge in [-0.2, -0.15) is 35.1 Å². The lowest BCUT2D eigenvalue weighted by atomic mass is 9.87. The molecule has 10 heteroatoms. The van der Waals surface area contributed by atoms with E-state index in [1.807, 2.05) is 0 Å². The number of aryl methyl sites for hydroxylation is 1. The van der Waals surface area contributed by atoms with Crippen molar-refractivity contribution in [3.63, 3.8) is 0 Å². The van der Waals surface area contributed by atoms with E-state index < -0.39 is 34.5 Å². The fourth-order valence-corrected chi connectivity index (χ4v) is 1.94. The van der Waals surface area contributed by atoms with E-state index in [2.05, 4.69) is 0 Å². The van der Waals surface area contributed by atoms with Gasteiger partial charge < -0.3 is 0 Å². The van der Waals surface area contributed by atoms with Crippen molar-refractivity contribution in [1.82, 2.24) is 0 Å². The molecular formula is C11H6ClF9. The summed E-state index contributed by atoms with van der Waals surface area (Å²) in [5, 5.41) is -0.603. The number of halogens is 10. The molecule has 1 atom stereocenters. The lowest BCUT2D eigenvalue weighted by Gasteiger charge is -2.36. The van der Waals surface area contributed by atoms with Crippen LogP contribution in [0.25, 0.3) is 0 Å². The largest absolute Gasteiger partial charge is 0.457 e. The van der Waals surface area contributed by atoms with Gasteiger partial charge in [0, 0.05) is 10.6 Å². The summed E-state index contributed by atoms with van der Waals surface area (Å²) in [6.45, 7) is 1.07. The maximum absolute atomic E-state index is 14.0. The van der Waals surface area contributed by atoms with E-state index >= 15 is 0 Å². The fourth-order valence-electron chi connectivity index (χ4n) is 1.65. The second-order valence-corrected chi connectivity index (χ2v) is 4.68. The SMILES string of the molecule is Cc1cc(Cl)cc(C(F)(C(F)(F)F)C(F)(F)C(F)(F)F)c1. The molecule has 0 aliphatic carbocycles. The van der Waals surface area contributed by atoms with Crippen LogP contribution in [0.5, 0.6) is 0 Å². The van der Waals surface area contributed by atoms with Gasteiger partial charge in [0.2, 0.25) is 0 Å². The standard InChI is InChI=1S/C11H6ClF9/c1-5-2-6(4-7(12)3-5)8(13,10(16,17)18)9(14,15)11(19,20)21/h2-4H,1H3. The molecule has 0 heterocycles. The Morgan fingerprint density at radius 3 is 1.57 bits per heavy atom. The zero-order chi connectivity index (χ0) is 16.9. The number of alkyl halides is 9. The Morgan fingerprint density at radius 1 is 0.762 bits per heavy atom. The molecule has 0 saturated heterocycles. The first-order valence-electron chi connectivity index (χ1n) is 5.12. The topological polar surface area (TPSA) is 0 Å². The van der Waals surface area contributed by atoms with Gasteiger partial charge in [-0.25, -0.2) is 4.39 Å². The molecule has 0 aliphatic rings. The molecule has 0 spiro atoms. The van der Waals surface area contributed by atoms with Crippen LogP contribution >= 0.6 is 11.6 Å². The monoisotopic (exact) mass is 344 g/mol. The molecule has 0 aliphatic heterocycles. The van der Waals surface area contributed by atoms with Crippen LogP contribution in [-0.2, 0) is 5.67 Å². The van der Waals surface area contributed by atoms with E-state index in [1.165, 1.54) is 0 Å². The molecule has 1 aromatic rings. The van der Waals surface area contributed by atoms with Crippen molar-refractivity contribution in [2.45, 2.75) is 30.9 Å². The Morgan fingerprint density at radius 2 is 1.24 bits per heavy atom. The predicted octanol–water partition coefficient (Wildman–Crippen LogP) is 5.57. The first-order chi connectivity index (χ1) is 9.14. The van der Waals surface area contributed by atoms with E-state index in [4.69, 9.17) is 11.6 Å². The maximum atomic E-state index is 14.0. The maximum Gasteiger partial charge on any atom is 0.457 e. The highest BCUT2D eigenvalue weighted by Crippen LogP contribution is 2.58. The van der Waals surface area contributed by atoms with Crippen molar-refractivity contribution in [3.05, 3.63) is 34.3 Å². The van der Waals surface area contributed by atoms with Crippen LogP contribution in [0, 0.1) is 6.92 Å². The molecule has 0 aromatic heterocycles. The Labute approximate surface area is 117 Å². The van der Waals surface area contributed by atoms with Crippen LogP contribution in [0.3, 0.4) is 0 Å². The minimum atomic E-state index is -6.74. The van der Waals surface area contributed by atoms with Crippen LogP contribution in [0.1, 0.15) is 11.1 Å². The van der Waals surface area contributed by atoms with Crippen LogP contribution in [-0.4, -0.2) is 18.3 Å². The first-order valence-corrected chi connectivity index (χ1v) is 5.50. The van der Waals surface area contributed by atoms with Gasteiger partial charge in [0.05, 0.1) is 0 Å². The smallest absolute Gasteiger partial charge is 0.221 e. The molecule has 120 valence electrons. The number of hydrogen-bond donors (Lipinski definition) is 0. The summed E-state index contributed by atoms with van der Waals surface area (Å²) in [5.41, 5.74) is -8.07. The van der Waals surface area contributed by atoms with E-state index in [0.717, 1.165) is 13.0 Å². The molecule has 1 rings (SSSR count). The van der Waals surface area contributed by atoms with Gasteiger partial charge in [-0.1, -0.05) is 17.7 Å². The van der Waals surface area contributed by atoms with Crippen molar-refractivity contribution in [1.29, 1.82) is 0 Å². The number of hydrogen-bond acceptors (Lipinski definition) is 0. The Hall–Kier alpha value is -1.12. The molecule has 0 N–H and O–H groups in total. The molecule has 21 heavy (non-hydrogen) atoms. The van der Waals surface area contributed by atoms with Gasteiger partial charge in [-0.05, 0) is 24.6 Å². The molecule has 0 nitrogen and oxygen atoms in total. The minimum Gasteiger partial charge on any atom is -0.221 e. The van der Waals surface area contributed by atoms with E-state index in [-0.39, 0.29) is 17.7 Å². The van der Waals surface area contributed by atoms with Crippen molar-refractivity contribution >= 4 is 11.6 Å². The van der Waals surface area contributed by atoms with Crippen molar-refractivity contribution in [2.75, 3.05) is 0 Å².